The van der Waals surface area contributed by atoms with E-state index in [0.717, 1.165) is 0 Å². The van der Waals surface area contributed by atoms with Crippen molar-refractivity contribution < 1.29 is 4.39 Å². The average molecular weight is 174 g/mol. The van der Waals surface area contributed by atoms with Crippen LogP contribution in [0.15, 0.2) is 30.8 Å². The molecule has 2 aromatic rings. The highest BCUT2D eigenvalue weighted by Crippen LogP contribution is 2.13. The zero-order valence-corrected chi connectivity index (χ0v) is 6.87. The molecule has 2 nitrogen and oxygen atoms in total. The molecule has 0 bridgehead atoms. The van der Waals surface area contributed by atoms with Gasteiger partial charge in [0.2, 0.25) is 5.95 Å². The smallest absolute Gasteiger partial charge is 0.224 e. The topological polar surface area (TPSA) is 25.8 Å². The van der Waals surface area contributed by atoms with Gasteiger partial charge < -0.3 is 0 Å². The molecule has 0 saturated heterocycles. The predicted octanol–water partition coefficient (Wildman–Crippen LogP) is 2.41. The van der Waals surface area contributed by atoms with Crippen molar-refractivity contribution in [1.82, 2.24) is 9.97 Å². The fourth-order valence-corrected chi connectivity index (χ4v) is 1.15. The Morgan fingerprint density at radius 2 is 2.00 bits per heavy atom. The van der Waals surface area contributed by atoms with E-state index in [1.807, 2.05) is 6.07 Å². The summed E-state index contributed by atoms with van der Waals surface area (Å²) in [6, 6.07) is 6.95. The summed E-state index contributed by atoms with van der Waals surface area (Å²) in [5.41, 5.74) is 0.602. The second-order valence-corrected chi connectivity index (χ2v) is 2.59. The van der Waals surface area contributed by atoms with Crippen LogP contribution in [-0.4, -0.2) is 9.97 Å². The van der Waals surface area contributed by atoms with Gasteiger partial charge in [-0.2, -0.15) is 9.37 Å². The van der Waals surface area contributed by atoms with Gasteiger partial charge in [0, 0.05) is 0 Å². The zero-order valence-electron chi connectivity index (χ0n) is 6.87. The number of hydrogen-bond acceptors (Lipinski definition) is 2. The minimum absolute atomic E-state index is 0.316. The van der Waals surface area contributed by atoms with Crippen molar-refractivity contribution in [3.8, 4) is 0 Å². The molecule has 1 aromatic heterocycles. The van der Waals surface area contributed by atoms with Crippen LogP contribution in [-0.2, 0) is 0 Å². The fraction of sp³-hybridized carbons (Fsp3) is 0. The predicted molar refractivity (Wildman–Crippen MR) is 49.6 cm³/mol. The first-order valence-electron chi connectivity index (χ1n) is 3.86. The molecular weight excluding hydrogens is 167 g/mol. The molecule has 0 fully saturated rings. The third-order valence-electron chi connectivity index (χ3n) is 1.76. The third-order valence-corrected chi connectivity index (χ3v) is 1.76. The van der Waals surface area contributed by atoms with Crippen LogP contribution in [0.4, 0.5) is 4.39 Å². The van der Waals surface area contributed by atoms with Gasteiger partial charge in [0.05, 0.1) is 10.9 Å². The number of fused-ring (bicyclic) bond motifs is 1. The van der Waals surface area contributed by atoms with Crippen molar-refractivity contribution in [1.29, 1.82) is 0 Å². The maximum atomic E-state index is 13.2. The molecule has 0 atom stereocenters. The number of halogens is 1. The second kappa shape index (κ2) is 2.94. The number of aromatic nitrogens is 2. The van der Waals surface area contributed by atoms with E-state index in [1.54, 1.807) is 18.2 Å². The Bertz CT molecular complexity index is 465. The molecule has 64 valence electrons. The Kier molecular flexibility index (Phi) is 1.77. The Morgan fingerprint density at radius 1 is 1.23 bits per heavy atom. The monoisotopic (exact) mass is 174 g/mol. The van der Waals surface area contributed by atoms with E-state index in [1.165, 1.54) is 6.08 Å². The lowest BCUT2D eigenvalue weighted by molar-refractivity contribution is 0.592. The normalized spacial score (nSPS) is 10.2. The lowest BCUT2D eigenvalue weighted by atomic mass is 10.2. The SMILES string of the molecule is C=Cc1nc(F)c2ccccc2n1. The van der Waals surface area contributed by atoms with Gasteiger partial charge in [-0.05, 0) is 18.2 Å². The summed E-state index contributed by atoms with van der Waals surface area (Å²) in [6.45, 7) is 3.49. The highest BCUT2D eigenvalue weighted by atomic mass is 19.1. The molecule has 0 amide bonds. The van der Waals surface area contributed by atoms with Crippen LogP contribution < -0.4 is 0 Å². The minimum atomic E-state index is -0.500. The van der Waals surface area contributed by atoms with Gasteiger partial charge in [-0.1, -0.05) is 18.7 Å². The van der Waals surface area contributed by atoms with Crippen molar-refractivity contribution >= 4 is 17.0 Å². The van der Waals surface area contributed by atoms with Gasteiger partial charge >= 0.3 is 0 Å². The van der Waals surface area contributed by atoms with E-state index in [-0.39, 0.29) is 0 Å². The molecule has 0 radical (unpaired) electrons. The van der Waals surface area contributed by atoms with E-state index in [0.29, 0.717) is 16.7 Å². The van der Waals surface area contributed by atoms with E-state index in [2.05, 4.69) is 16.5 Å². The van der Waals surface area contributed by atoms with Crippen molar-refractivity contribution in [3.05, 3.63) is 42.6 Å². The zero-order chi connectivity index (χ0) is 9.26. The van der Waals surface area contributed by atoms with Crippen molar-refractivity contribution in [2.45, 2.75) is 0 Å². The van der Waals surface area contributed by atoms with Crippen molar-refractivity contribution in [3.63, 3.8) is 0 Å². The van der Waals surface area contributed by atoms with Gasteiger partial charge in [-0.15, -0.1) is 0 Å². The molecule has 1 aromatic carbocycles. The third kappa shape index (κ3) is 1.28. The molecular formula is C10H7FN2. The van der Waals surface area contributed by atoms with Crippen molar-refractivity contribution in [2.24, 2.45) is 0 Å². The summed E-state index contributed by atoms with van der Waals surface area (Å²) in [6.07, 6.45) is 1.43. The number of hydrogen-bond donors (Lipinski definition) is 0. The fourth-order valence-electron chi connectivity index (χ4n) is 1.15. The largest absolute Gasteiger partial charge is 0.228 e. The first-order valence-corrected chi connectivity index (χ1v) is 3.86. The van der Waals surface area contributed by atoms with Crippen LogP contribution in [0.3, 0.4) is 0 Å². The average Bonchev–Trinajstić information content (AvgIpc) is 2.18. The molecule has 0 aliphatic carbocycles. The molecule has 0 spiro atoms. The molecule has 0 aliphatic rings. The number of para-hydroxylation sites is 1. The molecule has 0 N–H and O–H groups in total. The van der Waals surface area contributed by atoms with Gasteiger partial charge in [0.25, 0.3) is 0 Å². The molecule has 13 heavy (non-hydrogen) atoms. The summed E-state index contributed by atoms with van der Waals surface area (Å²) in [5.74, 6) is -0.184. The first-order chi connectivity index (χ1) is 6.31. The van der Waals surface area contributed by atoms with Crippen LogP contribution in [0, 0.1) is 5.95 Å². The first kappa shape index (κ1) is 7.86. The van der Waals surface area contributed by atoms with Crippen LogP contribution in [0.25, 0.3) is 17.0 Å². The van der Waals surface area contributed by atoms with Crippen LogP contribution >= 0.6 is 0 Å². The quantitative estimate of drug-likeness (QED) is 0.620. The van der Waals surface area contributed by atoms with E-state index in [4.69, 9.17) is 0 Å². The standard InChI is InChI=1S/C10H7FN2/c1-2-9-12-8-6-4-3-5-7(8)10(11)13-9/h2-6H,1H2. The molecule has 2 rings (SSSR count). The van der Waals surface area contributed by atoms with Gasteiger partial charge in [-0.25, -0.2) is 4.98 Å². The van der Waals surface area contributed by atoms with Crippen LogP contribution in [0.1, 0.15) is 5.82 Å². The van der Waals surface area contributed by atoms with Gasteiger partial charge in [0.1, 0.15) is 0 Å². The summed E-state index contributed by atoms with van der Waals surface area (Å²) >= 11 is 0. The number of rotatable bonds is 1. The molecule has 0 unspecified atom stereocenters. The van der Waals surface area contributed by atoms with Crippen molar-refractivity contribution in [2.75, 3.05) is 0 Å². The Morgan fingerprint density at radius 3 is 2.77 bits per heavy atom. The van der Waals surface area contributed by atoms with Crippen LogP contribution in [0.2, 0.25) is 0 Å². The highest BCUT2D eigenvalue weighted by Gasteiger charge is 2.03. The maximum absolute atomic E-state index is 13.2. The second-order valence-electron chi connectivity index (χ2n) is 2.59. The molecule has 1 heterocycles. The Balaban J connectivity index is 2.84. The lowest BCUT2D eigenvalue weighted by Crippen LogP contribution is -1.93. The Labute approximate surface area is 74.8 Å². The summed E-state index contributed by atoms with van der Waals surface area (Å²) < 4.78 is 13.2. The van der Waals surface area contributed by atoms with Gasteiger partial charge in [-0.3, -0.25) is 0 Å². The maximum Gasteiger partial charge on any atom is 0.224 e. The van der Waals surface area contributed by atoms with E-state index >= 15 is 0 Å². The molecule has 0 saturated carbocycles. The summed E-state index contributed by atoms with van der Waals surface area (Å²) in [5, 5.41) is 0.438. The molecule has 0 aliphatic heterocycles. The van der Waals surface area contributed by atoms with E-state index in [9.17, 15) is 4.39 Å². The van der Waals surface area contributed by atoms with E-state index < -0.39 is 5.95 Å². The summed E-state index contributed by atoms with van der Waals surface area (Å²) in [7, 11) is 0. The van der Waals surface area contributed by atoms with Gasteiger partial charge in [0.15, 0.2) is 5.82 Å². The van der Waals surface area contributed by atoms with Crippen LogP contribution in [0.5, 0.6) is 0 Å². The number of benzene rings is 1. The number of nitrogens with zero attached hydrogens (tertiary/aromatic N) is 2. The minimum Gasteiger partial charge on any atom is -0.228 e. The molecule has 3 heteroatoms. The highest BCUT2D eigenvalue weighted by molar-refractivity contribution is 5.78. The lowest BCUT2D eigenvalue weighted by Gasteiger charge is -1.98. The Hall–Kier alpha value is -1.77. The summed E-state index contributed by atoms with van der Waals surface area (Å²) in [4.78, 5) is 7.71.